The Balaban J connectivity index is 2.91. The number of aryl methyl sites for hydroxylation is 2. The molecule has 0 aliphatic heterocycles. The van der Waals surface area contributed by atoms with Crippen LogP contribution in [0.1, 0.15) is 23.9 Å². The normalized spacial score (nSPS) is 10.7. The lowest BCUT2D eigenvalue weighted by Gasteiger charge is -1.94. The second-order valence-electron chi connectivity index (χ2n) is 3.18. The SMILES string of the molecule is C=CN=CC(=C)c1cc(C)c(CC)[nH]1. The number of rotatable bonds is 4. The number of nitrogens with zero attached hydrogens (tertiary/aromatic N) is 1. The molecule has 1 aromatic heterocycles. The summed E-state index contributed by atoms with van der Waals surface area (Å²) in [6.45, 7) is 11.7. The molecule has 1 N–H and O–H groups in total. The molecule has 1 rings (SSSR count). The first-order valence-electron chi connectivity index (χ1n) is 4.70. The van der Waals surface area contributed by atoms with Gasteiger partial charge in [-0.05, 0) is 25.0 Å². The fraction of sp³-hybridized carbons (Fsp3) is 0.250. The summed E-state index contributed by atoms with van der Waals surface area (Å²) in [7, 11) is 0. The Hall–Kier alpha value is -1.57. The van der Waals surface area contributed by atoms with Crippen molar-refractivity contribution in [3.05, 3.63) is 42.4 Å². The number of hydrogen-bond donors (Lipinski definition) is 1. The Morgan fingerprint density at radius 2 is 2.36 bits per heavy atom. The van der Waals surface area contributed by atoms with E-state index >= 15 is 0 Å². The van der Waals surface area contributed by atoms with Crippen molar-refractivity contribution in [2.75, 3.05) is 0 Å². The van der Waals surface area contributed by atoms with Gasteiger partial charge in [-0.3, -0.25) is 4.99 Å². The molecule has 0 bridgehead atoms. The van der Waals surface area contributed by atoms with Crippen LogP contribution < -0.4 is 0 Å². The molecule has 0 saturated heterocycles. The molecular weight excluding hydrogens is 172 g/mol. The predicted octanol–water partition coefficient (Wildman–Crippen LogP) is 3.11. The molecule has 0 atom stereocenters. The lowest BCUT2D eigenvalue weighted by Crippen LogP contribution is -1.85. The highest BCUT2D eigenvalue weighted by molar-refractivity contribution is 6.08. The third kappa shape index (κ3) is 2.22. The largest absolute Gasteiger partial charge is 0.358 e. The molecule has 1 heterocycles. The molecule has 0 radical (unpaired) electrons. The first kappa shape index (κ1) is 10.5. The molecule has 0 aliphatic rings. The smallest absolute Gasteiger partial charge is 0.0468 e. The van der Waals surface area contributed by atoms with E-state index in [-0.39, 0.29) is 0 Å². The van der Waals surface area contributed by atoms with Gasteiger partial charge in [-0.25, -0.2) is 0 Å². The lowest BCUT2D eigenvalue weighted by atomic mass is 10.2. The van der Waals surface area contributed by atoms with E-state index in [1.54, 1.807) is 6.21 Å². The van der Waals surface area contributed by atoms with Crippen molar-refractivity contribution in [3.8, 4) is 0 Å². The third-order valence-corrected chi connectivity index (χ3v) is 2.16. The van der Waals surface area contributed by atoms with E-state index in [0.29, 0.717) is 0 Å². The molecular formula is C12H16N2. The Bertz CT molecular complexity index is 370. The van der Waals surface area contributed by atoms with Crippen LogP contribution in [0.3, 0.4) is 0 Å². The highest BCUT2D eigenvalue weighted by atomic mass is 14.7. The van der Waals surface area contributed by atoms with Gasteiger partial charge in [-0.2, -0.15) is 0 Å². The maximum absolute atomic E-state index is 3.93. The molecule has 1 aromatic rings. The lowest BCUT2D eigenvalue weighted by molar-refractivity contribution is 1.04. The summed E-state index contributed by atoms with van der Waals surface area (Å²) in [6, 6.07) is 2.09. The van der Waals surface area contributed by atoms with Crippen LogP contribution in [0.2, 0.25) is 0 Å². The van der Waals surface area contributed by atoms with Gasteiger partial charge in [-0.15, -0.1) is 0 Å². The van der Waals surface area contributed by atoms with Gasteiger partial charge in [-0.1, -0.05) is 20.1 Å². The van der Waals surface area contributed by atoms with Gasteiger partial charge in [0, 0.05) is 29.4 Å². The summed E-state index contributed by atoms with van der Waals surface area (Å²) in [6.07, 6.45) is 4.22. The van der Waals surface area contributed by atoms with E-state index in [9.17, 15) is 0 Å². The van der Waals surface area contributed by atoms with Crippen LogP contribution in [0, 0.1) is 6.92 Å². The summed E-state index contributed by atoms with van der Waals surface area (Å²) in [5.41, 5.74) is 4.45. The molecule has 0 saturated carbocycles. The Morgan fingerprint density at radius 1 is 1.64 bits per heavy atom. The van der Waals surface area contributed by atoms with Crippen molar-refractivity contribution < 1.29 is 0 Å². The van der Waals surface area contributed by atoms with Crippen molar-refractivity contribution in [3.63, 3.8) is 0 Å². The summed E-state index contributed by atoms with van der Waals surface area (Å²) in [5, 5.41) is 0. The van der Waals surface area contributed by atoms with Gasteiger partial charge >= 0.3 is 0 Å². The van der Waals surface area contributed by atoms with Crippen molar-refractivity contribution in [2.24, 2.45) is 4.99 Å². The third-order valence-electron chi connectivity index (χ3n) is 2.16. The molecule has 74 valence electrons. The minimum atomic E-state index is 0.882. The highest BCUT2D eigenvalue weighted by Gasteiger charge is 2.03. The van der Waals surface area contributed by atoms with Gasteiger partial charge < -0.3 is 4.98 Å². The van der Waals surface area contributed by atoms with Crippen LogP contribution in [0.4, 0.5) is 0 Å². The molecule has 14 heavy (non-hydrogen) atoms. The molecule has 2 nitrogen and oxygen atoms in total. The zero-order chi connectivity index (χ0) is 10.6. The Kier molecular flexibility index (Phi) is 3.46. The average Bonchev–Trinajstić information content (AvgIpc) is 2.56. The summed E-state index contributed by atoms with van der Waals surface area (Å²) in [4.78, 5) is 7.25. The van der Waals surface area contributed by atoms with Crippen molar-refractivity contribution in [1.29, 1.82) is 0 Å². The zero-order valence-corrected chi connectivity index (χ0v) is 8.80. The van der Waals surface area contributed by atoms with Gasteiger partial charge in [0.15, 0.2) is 0 Å². The molecule has 0 amide bonds. The van der Waals surface area contributed by atoms with Crippen LogP contribution >= 0.6 is 0 Å². The maximum Gasteiger partial charge on any atom is 0.0468 e. The summed E-state index contributed by atoms with van der Waals surface area (Å²) in [5.74, 6) is 0. The molecule has 0 spiro atoms. The highest BCUT2D eigenvalue weighted by Crippen LogP contribution is 2.15. The van der Waals surface area contributed by atoms with Gasteiger partial charge in [0.1, 0.15) is 0 Å². The second-order valence-corrected chi connectivity index (χ2v) is 3.18. The number of allylic oxidation sites excluding steroid dienone is 1. The summed E-state index contributed by atoms with van der Waals surface area (Å²) >= 11 is 0. The molecule has 0 aliphatic carbocycles. The number of H-pyrrole nitrogens is 1. The Morgan fingerprint density at radius 3 is 2.86 bits per heavy atom. The van der Waals surface area contributed by atoms with Crippen LogP contribution in [0.15, 0.2) is 30.4 Å². The number of nitrogens with one attached hydrogen (secondary N) is 1. The predicted molar refractivity (Wildman–Crippen MR) is 62.6 cm³/mol. The Labute approximate surface area is 85.1 Å². The average molecular weight is 188 g/mol. The van der Waals surface area contributed by atoms with Crippen LogP contribution in [-0.2, 0) is 6.42 Å². The van der Waals surface area contributed by atoms with E-state index < -0.39 is 0 Å². The van der Waals surface area contributed by atoms with E-state index in [4.69, 9.17) is 0 Å². The summed E-state index contributed by atoms with van der Waals surface area (Å²) < 4.78 is 0. The number of aliphatic imine (C=N–C) groups is 1. The van der Waals surface area contributed by atoms with Crippen molar-refractivity contribution in [1.82, 2.24) is 4.98 Å². The molecule has 0 unspecified atom stereocenters. The molecule has 2 heteroatoms. The monoisotopic (exact) mass is 188 g/mol. The van der Waals surface area contributed by atoms with Crippen molar-refractivity contribution in [2.45, 2.75) is 20.3 Å². The maximum atomic E-state index is 3.93. The van der Waals surface area contributed by atoms with Gasteiger partial charge in [0.2, 0.25) is 0 Å². The van der Waals surface area contributed by atoms with Crippen LogP contribution in [-0.4, -0.2) is 11.2 Å². The van der Waals surface area contributed by atoms with Crippen LogP contribution in [0.5, 0.6) is 0 Å². The van der Waals surface area contributed by atoms with E-state index in [1.165, 1.54) is 17.5 Å². The van der Waals surface area contributed by atoms with E-state index in [2.05, 4.69) is 43.0 Å². The zero-order valence-electron chi connectivity index (χ0n) is 8.80. The van der Waals surface area contributed by atoms with Crippen molar-refractivity contribution >= 4 is 11.8 Å². The minimum Gasteiger partial charge on any atom is -0.358 e. The van der Waals surface area contributed by atoms with E-state index in [1.807, 2.05) is 0 Å². The van der Waals surface area contributed by atoms with E-state index in [0.717, 1.165) is 17.7 Å². The quantitative estimate of drug-likeness (QED) is 0.703. The number of aromatic nitrogens is 1. The fourth-order valence-corrected chi connectivity index (χ4v) is 1.35. The number of aromatic amines is 1. The van der Waals surface area contributed by atoms with Gasteiger partial charge in [0.05, 0.1) is 0 Å². The molecule has 0 aromatic carbocycles. The van der Waals surface area contributed by atoms with Gasteiger partial charge in [0.25, 0.3) is 0 Å². The standard InChI is InChI=1S/C12H16N2/c1-5-11-9(3)7-12(14-11)10(4)8-13-6-2/h6-8,14H,2,4-5H2,1,3H3. The second kappa shape index (κ2) is 4.61. The fourth-order valence-electron chi connectivity index (χ4n) is 1.35. The molecule has 0 fully saturated rings. The topological polar surface area (TPSA) is 28.1 Å². The number of hydrogen-bond acceptors (Lipinski definition) is 1. The first-order valence-corrected chi connectivity index (χ1v) is 4.70. The minimum absolute atomic E-state index is 0.882. The first-order chi connectivity index (χ1) is 6.69. The van der Waals surface area contributed by atoms with Crippen LogP contribution in [0.25, 0.3) is 5.57 Å².